The molecule has 0 unspecified atom stereocenters. The van der Waals surface area contributed by atoms with E-state index < -0.39 is 5.97 Å². The number of hydrogen-bond acceptors (Lipinski definition) is 3. The Bertz CT molecular complexity index is 480. The van der Waals surface area contributed by atoms with Gasteiger partial charge in [0.25, 0.3) is 0 Å². The molecule has 6 heteroatoms. The molecule has 5 nitrogen and oxygen atoms in total. The number of aromatic nitrogens is 3. The normalized spacial score (nSPS) is 10.5. The van der Waals surface area contributed by atoms with E-state index in [1.807, 2.05) is 0 Å². The Kier molecular flexibility index (Phi) is 1.77. The molecule has 0 aromatic carbocycles. The average molecular weight is 242 g/mol. The molecule has 0 aliphatic heterocycles. The molecule has 13 heavy (non-hydrogen) atoms. The van der Waals surface area contributed by atoms with Gasteiger partial charge in [0.05, 0.1) is 22.4 Å². The summed E-state index contributed by atoms with van der Waals surface area (Å²) in [6, 6.07) is 1.51. The molecule has 0 spiro atoms. The van der Waals surface area contributed by atoms with Crippen molar-refractivity contribution in [2.24, 2.45) is 0 Å². The maximum atomic E-state index is 10.6. The van der Waals surface area contributed by atoms with Crippen LogP contribution in [0.25, 0.3) is 5.52 Å². The maximum absolute atomic E-state index is 10.6. The molecule has 2 aromatic rings. The van der Waals surface area contributed by atoms with Gasteiger partial charge in [-0.3, -0.25) is 0 Å². The van der Waals surface area contributed by atoms with E-state index in [2.05, 4.69) is 26.1 Å². The van der Waals surface area contributed by atoms with Crippen LogP contribution in [0.4, 0.5) is 0 Å². The zero-order valence-electron chi connectivity index (χ0n) is 6.31. The third kappa shape index (κ3) is 1.29. The molecule has 0 amide bonds. The minimum absolute atomic E-state index is 0.147. The van der Waals surface area contributed by atoms with Gasteiger partial charge in [-0.05, 0) is 22.0 Å². The van der Waals surface area contributed by atoms with E-state index >= 15 is 0 Å². The van der Waals surface area contributed by atoms with Gasteiger partial charge in [-0.15, -0.1) is 0 Å². The quantitative estimate of drug-likeness (QED) is 0.815. The van der Waals surface area contributed by atoms with Gasteiger partial charge in [-0.25, -0.2) is 4.79 Å². The van der Waals surface area contributed by atoms with E-state index in [4.69, 9.17) is 5.11 Å². The molecule has 0 saturated carbocycles. The summed E-state index contributed by atoms with van der Waals surface area (Å²) in [6.45, 7) is 0. The molecule has 2 aromatic heterocycles. The number of carboxylic acids is 1. The summed E-state index contributed by atoms with van der Waals surface area (Å²) in [5.74, 6) is -0.997. The van der Waals surface area contributed by atoms with Crippen LogP contribution in [-0.2, 0) is 0 Å². The van der Waals surface area contributed by atoms with Crippen molar-refractivity contribution in [3.05, 3.63) is 28.5 Å². The van der Waals surface area contributed by atoms with Gasteiger partial charge in [0.1, 0.15) is 5.52 Å². The largest absolute Gasteiger partial charge is 0.478 e. The monoisotopic (exact) mass is 241 g/mol. The van der Waals surface area contributed by atoms with Gasteiger partial charge >= 0.3 is 5.97 Å². The van der Waals surface area contributed by atoms with Crippen LogP contribution >= 0.6 is 15.9 Å². The number of carbonyl (C=O) groups is 1. The van der Waals surface area contributed by atoms with Crippen LogP contribution in [0.3, 0.4) is 0 Å². The summed E-state index contributed by atoms with van der Waals surface area (Å²) in [6.07, 6.45) is 2.82. The SMILES string of the molecule is O=C(O)c1cnn2ncc(Br)c2c1. The lowest BCUT2D eigenvalue weighted by Crippen LogP contribution is -2.01. The van der Waals surface area contributed by atoms with Crippen molar-refractivity contribution in [1.29, 1.82) is 0 Å². The van der Waals surface area contributed by atoms with Crippen LogP contribution in [0, 0.1) is 0 Å². The van der Waals surface area contributed by atoms with Gasteiger partial charge in [0.15, 0.2) is 0 Å². The highest BCUT2D eigenvalue weighted by Gasteiger charge is 2.07. The van der Waals surface area contributed by atoms with E-state index in [1.165, 1.54) is 16.9 Å². The van der Waals surface area contributed by atoms with Crippen molar-refractivity contribution < 1.29 is 9.90 Å². The standard InChI is InChI=1S/C7H4BrN3O2/c8-5-3-10-11-6(5)1-4(2-9-11)7(12)13/h1-3H,(H,12,13). The molecule has 0 fully saturated rings. The zero-order valence-corrected chi connectivity index (χ0v) is 7.89. The third-order valence-corrected chi connectivity index (χ3v) is 2.20. The molecule has 0 saturated heterocycles. The number of hydrogen-bond donors (Lipinski definition) is 1. The van der Waals surface area contributed by atoms with Crippen LogP contribution in [0.15, 0.2) is 22.9 Å². The molecule has 2 rings (SSSR count). The Labute approximate surface area is 81.1 Å². The van der Waals surface area contributed by atoms with E-state index in [1.54, 1.807) is 6.20 Å². The lowest BCUT2D eigenvalue weighted by atomic mass is 10.3. The topological polar surface area (TPSA) is 67.5 Å². The minimum atomic E-state index is -0.997. The first-order valence-corrected chi connectivity index (χ1v) is 4.20. The van der Waals surface area contributed by atoms with Crippen LogP contribution in [0.5, 0.6) is 0 Å². The van der Waals surface area contributed by atoms with Crippen LogP contribution < -0.4 is 0 Å². The number of halogens is 1. The highest BCUT2D eigenvalue weighted by atomic mass is 79.9. The Morgan fingerprint density at radius 2 is 2.15 bits per heavy atom. The number of fused-ring (bicyclic) bond motifs is 1. The Balaban J connectivity index is 2.72. The molecular formula is C7H4BrN3O2. The first-order valence-electron chi connectivity index (χ1n) is 3.41. The molecule has 66 valence electrons. The number of aromatic carboxylic acids is 1. The number of carboxylic acid groups (broad SMARTS) is 1. The smallest absolute Gasteiger partial charge is 0.337 e. The lowest BCUT2D eigenvalue weighted by Gasteiger charge is -1.94. The highest BCUT2D eigenvalue weighted by molar-refractivity contribution is 9.10. The summed E-state index contributed by atoms with van der Waals surface area (Å²) in [4.78, 5) is 10.6. The summed E-state index contributed by atoms with van der Waals surface area (Å²) in [5, 5.41) is 16.4. The van der Waals surface area contributed by atoms with Crippen LogP contribution in [-0.4, -0.2) is 25.9 Å². The van der Waals surface area contributed by atoms with Crippen molar-refractivity contribution in [3.63, 3.8) is 0 Å². The molecule has 0 atom stereocenters. The second-order valence-corrected chi connectivity index (χ2v) is 3.27. The van der Waals surface area contributed by atoms with Crippen molar-refractivity contribution >= 4 is 27.4 Å². The predicted molar refractivity (Wildman–Crippen MR) is 47.6 cm³/mol. The van der Waals surface area contributed by atoms with Gasteiger partial charge in [-0.1, -0.05) is 0 Å². The first-order chi connectivity index (χ1) is 6.18. The fourth-order valence-electron chi connectivity index (χ4n) is 0.966. The summed E-state index contributed by atoms with van der Waals surface area (Å²) >= 11 is 3.23. The van der Waals surface area contributed by atoms with Crippen molar-refractivity contribution in [1.82, 2.24) is 14.8 Å². The fraction of sp³-hybridized carbons (Fsp3) is 0. The molecule has 0 aliphatic rings. The van der Waals surface area contributed by atoms with Crippen LogP contribution in [0.2, 0.25) is 0 Å². The highest BCUT2D eigenvalue weighted by Crippen LogP contribution is 2.16. The number of rotatable bonds is 1. The van der Waals surface area contributed by atoms with E-state index in [9.17, 15) is 4.79 Å². The van der Waals surface area contributed by atoms with E-state index in [0.29, 0.717) is 5.52 Å². The third-order valence-electron chi connectivity index (χ3n) is 1.59. The Morgan fingerprint density at radius 1 is 1.46 bits per heavy atom. The number of nitrogens with zero attached hydrogens (tertiary/aromatic N) is 3. The molecule has 0 bridgehead atoms. The lowest BCUT2D eigenvalue weighted by molar-refractivity contribution is 0.0696. The first kappa shape index (κ1) is 8.18. The molecule has 2 heterocycles. The van der Waals surface area contributed by atoms with Gasteiger partial charge in [0.2, 0.25) is 0 Å². The van der Waals surface area contributed by atoms with Gasteiger partial charge < -0.3 is 5.11 Å². The minimum Gasteiger partial charge on any atom is -0.478 e. The Hall–Kier alpha value is -1.43. The maximum Gasteiger partial charge on any atom is 0.337 e. The summed E-state index contributed by atoms with van der Waals surface area (Å²) in [5.41, 5.74) is 0.786. The second kappa shape index (κ2) is 2.81. The molecular weight excluding hydrogens is 238 g/mol. The van der Waals surface area contributed by atoms with Crippen molar-refractivity contribution in [2.45, 2.75) is 0 Å². The van der Waals surface area contributed by atoms with Crippen molar-refractivity contribution in [2.75, 3.05) is 0 Å². The predicted octanol–water partition coefficient (Wildman–Crippen LogP) is 1.19. The zero-order chi connectivity index (χ0) is 9.42. The summed E-state index contributed by atoms with van der Waals surface area (Å²) < 4.78 is 2.08. The van der Waals surface area contributed by atoms with Crippen LogP contribution in [0.1, 0.15) is 10.4 Å². The molecule has 0 aliphatic carbocycles. The van der Waals surface area contributed by atoms with E-state index in [0.717, 1.165) is 4.47 Å². The van der Waals surface area contributed by atoms with Gasteiger partial charge in [-0.2, -0.15) is 14.8 Å². The van der Waals surface area contributed by atoms with Crippen molar-refractivity contribution in [3.8, 4) is 0 Å². The molecule has 1 N–H and O–H groups in total. The fourth-order valence-corrected chi connectivity index (χ4v) is 1.33. The average Bonchev–Trinajstić information content (AvgIpc) is 2.47. The van der Waals surface area contributed by atoms with Gasteiger partial charge in [0, 0.05) is 0 Å². The summed E-state index contributed by atoms with van der Waals surface area (Å²) in [7, 11) is 0. The van der Waals surface area contributed by atoms with E-state index in [-0.39, 0.29) is 5.56 Å². The second-order valence-electron chi connectivity index (χ2n) is 2.42. The Morgan fingerprint density at radius 3 is 2.85 bits per heavy atom. The molecule has 0 radical (unpaired) electrons.